The van der Waals surface area contributed by atoms with Crippen molar-refractivity contribution >= 4 is 34.8 Å². The molecule has 0 saturated carbocycles. The molecule has 6 nitrogen and oxygen atoms in total. The number of carbonyl (C=O) groups is 2. The van der Waals surface area contributed by atoms with E-state index >= 15 is 0 Å². The molecular weight excluding hydrogens is 282 g/mol. The lowest BCUT2D eigenvalue weighted by atomic mass is 10.1. The van der Waals surface area contributed by atoms with Gasteiger partial charge in [-0.25, -0.2) is 0 Å². The van der Waals surface area contributed by atoms with Crippen LogP contribution in [0.15, 0.2) is 12.1 Å². The van der Waals surface area contributed by atoms with E-state index in [4.69, 9.17) is 11.6 Å². The molecule has 2 amide bonds. The van der Waals surface area contributed by atoms with Gasteiger partial charge in [0.15, 0.2) is 6.10 Å². The van der Waals surface area contributed by atoms with Crippen LogP contribution in [0, 0.1) is 0 Å². The molecule has 1 aromatic carbocycles. The minimum Gasteiger partial charge on any atom is -0.378 e. The van der Waals surface area contributed by atoms with Gasteiger partial charge in [-0.05, 0) is 19.1 Å². The van der Waals surface area contributed by atoms with Gasteiger partial charge in [0.1, 0.15) is 6.04 Å². The quantitative estimate of drug-likeness (QED) is 0.710. The summed E-state index contributed by atoms with van der Waals surface area (Å²) in [6, 6.07) is 2.95. The topological polar surface area (TPSA) is 81.7 Å². The molecule has 0 aliphatic carbocycles. The van der Waals surface area contributed by atoms with Crippen molar-refractivity contribution in [3.05, 3.63) is 22.7 Å². The van der Waals surface area contributed by atoms with Gasteiger partial charge < -0.3 is 20.6 Å². The largest absolute Gasteiger partial charge is 0.378 e. The monoisotopic (exact) mass is 295 g/mol. The van der Waals surface area contributed by atoms with E-state index in [1.807, 2.05) is 4.90 Å². The molecule has 20 heavy (non-hydrogen) atoms. The number of rotatable bonds is 1. The summed E-state index contributed by atoms with van der Waals surface area (Å²) in [4.78, 5) is 25.1. The van der Waals surface area contributed by atoms with Gasteiger partial charge in [0.25, 0.3) is 5.91 Å². The van der Waals surface area contributed by atoms with Crippen LogP contribution in [0.25, 0.3) is 0 Å². The number of aliphatic hydroxyl groups excluding tert-OH is 1. The number of piperazine rings is 1. The van der Waals surface area contributed by atoms with Crippen LogP contribution in [-0.2, 0) is 9.59 Å². The van der Waals surface area contributed by atoms with Crippen LogP contribution in [0.1, 0.15) is 18.6 Å². The molecular formula is C13H14ClN3O3. The third-order valence-corrected chi connectivity index (χ3v) is 4.03. The van der Waals surface area contributed by atoms with Crippen molar-refractivity contribution < 1.29 is 14.7 Å². The van der Waals surface area contributed by atoms with Crippen molar-refractivity contribution in [1.29, 1.82) is 0 Å². The summed E-state index contributed by atoms with van der Waals surface area (Å²) in [7, 11) is 0. The molecule has 2 unspecified atom stereocenters. The smallest absolute Gasteiger partial charge is 0.257 e. The Labute approximate surface area is 120 Å². The number of carbonyl (C=O) groups excluding carboxylic acids is 2. The van der Waals surface area contributed by atoms with Gasteiger partial charge in [-0.3, -0.25) is 9.59 Å². The SMILES string of the molecule is CC1C(=O)NCCN1c1cc2c(cc1Cl)C(O)C(=O)N2. The van der Waals surface area contributed by atoms with E-state index in [0.29, 0.717) is 35.1 Å². The molecule has 106 valence electrons. The number of nitrogens with one attached hydrogen (secondary N) is 2. The van der Waals surface area contributed by atoms with Gasteiger partial charge >= 0.3 is 0 Å². The predicted octanol–water partition coefficient (Wildman–Crippen LogP) is 0.650. The van der Waals surface area contributed by atoms with Crippen LogP contribution in [0.2, 0.25) is 5.02 Å². The zero-order valence-corrected chi connectivity index (χ0v) is 11.6. The Bertz CT molecular complexity index is 605. The maximum atomic E-state index is 11.7. The van der Waals surface area contributed by atoms with Crippen LogP contribution in [0.5, 0.6) is 0 Å². The second-order valence-electron chi connectivity index (χ2n) is 4.94. The normalized spacial score (nSPS) is 25.2. The molecule has 0 bridgehead atoms. The minimum atomic E-state index is -1.18. The lowest BCUT2D eigenvalue weighted by Gasteiger charge is -2.35. The summed E-state index contributed by atoms with van der Waals surface area (Å²) in [6.07, 6.45) is -1.18. The molecule has 3 rings (SSSR count). The minimum absolute atomic E-state index is 0.0584. The number of nitrogens with zero attached hydrogens (tertiary/aromatic N) is 1. The molecule has 0 radical (unpaired) electrons. The number of hydrogen-bond acceptors (Lipinski definition) is 4. The van der Waals surface area contributed by atoms with E-state index in [9.17, 15) is 14.7 Å². The maximum Gasteiger partial charge on any atom is 0.257 e. The highest BCUT2D eigenvalue weighted by molar-refractivity contribution is 6.33. The fraction of sp³-hybridized carbons (Fsp3) is 0.385. The lowest BCUT2D eigenvalue weighted by Crippen LogP contribution is -2.54. The van der Waals surface area contributed by atoms with Crippen molar-refractivity contribution in [2.24, 2.45) is 0 Å². The Morgan fingerprint density at radius 2 is 2.10 bits per heavy atom. The molecule has 1 saturated heterocycles. The lowest BCUT2D eigenvalue weighted by molar-refractivity contribution is -0.123. The van der Waals surface area contributed by atoms with Gasteiger partial charge in [-0.2, -0.15) is 0 Å². The van der Waals surface area contributed by atoms with Crippen LogP contribution in [-0.4, -0.2) is 36.1 Å². The number of aliphatic hydroxyl groups is 1. The average Bonchev–Trinajstić information content (AvgIpc) is 2.68. The molecule has 1 aromatic rings. The molecule has 2 aliphatic heterocycles. The summed E-state index contributed by atoms with van der Waals surface area (Å²) in [6.45, 7) is 2.99. The first-order valence-corrected chi connectivity index (χ1v) is 6.73. The van der Waals surface area contributed by atoms with Crippen LogP contribution < -0.4 is 15.5 Å². The predicted molar refractivity (Wildman–Crippen MR) is 74.9 cm³/mol. The summed E-state index contributed by atoms with van der Waals surface area (Å²) < 4.78 is 0. The van der Waals surface area contributed by atoms with Gasteiger partial charge in [0.2, 0.25) is 5.91 Å². The van der Waals surface area contributed by atoms with Crippen molar-refractivity contribution in [2.45, 2.75) is 19.1 Å². The Kier molecular flexibility index (Phi) is 3.07. The standard InChI is InChI=1S/C13H14ClN3O3/c1-6-12(19)15-2-3-17(6)10-5-9-7(4-8(10)14)11(18)13(20)16-9/h4-6,11,18H,2-3H2,1H3,(H,15,19)(H,16,20). The third kappa shape index (κ3) is 1.92. The zero-order chi connectivity index (χ0) is 14.4. The van der Waals surface area contributed by atoms with Gasteiger partial charge in [0.05, 0.1) is 10.7 Å². The number of amides is 2. The van der Waals surface area contributed by atoms with Crippen molar-refractivity contribution in [2.75, 3.05) is 23.3 Å². The van der Waals surface area contributed by atoms with E-state index in [1.165, 1.54) is 0 Å². The number of fused-ring (bicyclic) bond motifs is 1. The first-order chi connectivity index (χ1) is 9.49. The van der Waals surface area contributed by atoms with Crippen molar-refractivity contribution in [3.8, 4) is 0 Å². The van der Waals surface area contributed by atoms with Crippen LogP contribution in [0.3, 0.4) is 0 Å². The molecule has 2 aliphatic rings. The van der Waals surface area contributed by atoms with Gasteiger partial charge in [-0.1, -0.05) is 11.6 Å². The third-order valence-electron chi connectivity index (χ3n) is 3.73. The first-order valence-electron chi connectivity index (χ1n) is 6.36. The highest BCUT2D eigenvalue weighted by Crippen LogP contribution is 2.39. The Morgan fingerprint density at radius 1 is 1.35 bits per heavy atom. The van der Waals surface area contributed by atoms with E-state index < -0.39 is 12.0 Å². The second kappa shape index (κ2) is 4.64. The van der Waals surface area contributed by atoms with Crippen molar-refractivity contribution in [3.63, 3.8) is 0 Å². The second-order valence-corrected chi connectivity index (χ2v) is 5.35. The van der Waals surface area contributed by atoms with E-state index in [0.717, 1.165) is 0 Å². The fourth-order valence-corrected chi connectivity index (χ4v) is 2.87. The Morgan fingerprint density at radius 3 is 2.85 bits per heavy atom. The van der Waals surface area contributed by atoms with E-state index in [-0.39, 0.29) is 11.9 Å². The Hall–Kier alpha value is -1.79. The first kappa shape index (κ1) is 13.2. The molecule has 7 heteroatoms. The molecule has 0 spiro atoms. The van der Waals surface area contributed by atoms with E-state index in [1.54, 1.807) is 19.1 Å². The number of halogens is 1. The van der Waals surface area contributed by atoms with Crippen LogP contribution in [0.4, 0.5) is 11.4 Å². The molecule has 0 aromatic heterocycles. The maximum absolute atomic E-state index is 11.7. The number of benzene rings is 1. The van der Waals surface area contributed by atoms with E-state index in [2.05, 4.69) is 10.6 Å². The molecule has 2 atom stereocenters. The van der Waals surface area contributed by atoms with Gasteiger partial charge in [0, 0.05) is 24.3 Å². The molecule has 1 fully saturated rings. The fourth-order valence-electron chi connectivity index (χ4n) is 2.59. The number of hydrogen-bond donors (Lipinski definition) is 3. The van der Waals surface area contributed by atoms with Gasteiger partial charge in [-0.15, -0.1) is 0 Å². The summed E-state index contributed by atoms with van der Waals surface area (Å²) >= 11 is 6.24. The number of anilines is 2. The summed E-state index contributed by atoms with van der Waals surface area (Å²) in [5.41, 5.74) is 1.69. The highest BCUT2D eigenvalue weighted by atomic mass is 35.5. The summed E-state index contributed by atoms with van der Waals surface area (Å²) in [5.74, 6) is -0.519. The van der Waals surface area contributed by atoms with Crippen molar-refractivity contribution in [1.82, 2.24) is 5.32 Å². The Balaban J connectivity index is 2.01. The van der Waals surface area contributed by atoms with Crippen LogP contribution >= 0.6 is 11.6 Å². The molecule has 2 heterocycles. The summed E-state index contributed by atoms with van der Waals surface area (Å²) in [5, 5.41) is 15.5. The molecule has 3 N–H and O–H groups in total. The highest BCUT2D eigenvalue weighted by Gasteiger charge is 2.32. The zero-order valence-electron chi connectivity index (χ0n) is 10.8. The average molecular weight is 296 g/mol.